The van der Waals surface area contributed by atoms with Gasteiger partial charge in [0, 0.05) is 37.9 Å². The minimum absolute atomic E-state index is 0. The Kier molecular flexibility index (Phi) is 6.78. The van der Waals surface area contributed by atoms with Gasteiger partial charge >= 0.3 is 0 Å². The molecule has 0 bridgehead atoms. The number of rotatable bonds is 2. The van der Waals surface area contributed by atoms with Gasteiger partial charge in [-0.05, 0) is 25.0 Å². The molecular formula is C15H23Cl2N3O. The molecule has 118 valence electrons. The summed E-state index contributed by atoms with van der Waals surface area (Å²) in [7, 11) is 0. The lowest BCUT2D eigenvalue weighted by Gasteiger charge is -2.35. The lowest BCUT2D eigenvalue weighted by molar-refractivity contribution is -0.132. The molecule has 6 heteroatoms. The standard InChI is InChI=1S/C15H21N3O.2ClH/c1-12-10-16-7-9-18(12)15(19)11-17-8-6-13-4-2-3-5-14(13)17;;/h2-5,12,16H,6-11H2,1H3;2*1H/t12-;;/m1../s1. The molecule has 1 amide bonds. The van der Waals surface area contributed by atoms with Crippen molar-refractivity contribution in [1.29, 1.82) is 0 Å². The van der Waals surface area contributed by atoms with Crippen molar-refractivity contribution < 1.29 is 4.79 Å². The summed E-state index contributed by atoms with van der Waals surface area (Å²) in [5.74, 6) is 0.255. The lowest BCUT2D eigenvalue weighted by Crippen LogP contribution is -2.54. The van der Waals surface area contributed by atoms with Gasteiger partial charge in [-0.3, -0.25) is 4.79 Å². The third-order valence-electron chi connectivity index (χ3n) is 4.13. The number of amides is 1. The SMILES string of the molecule is C[C@@H]1CNCCN1C(=O)CN1CCc2ccccc21.Cl.Cl. The van der Waals surface area contributed by atoms with E-state index in [2.05, 4.69) is 41.4 Å². The topological polar surface area (TPSA) is 35.6 Å². The minimum Gasteiger partial charge on any atom is -0.362 e. The molecule has 0 saturated carbocycles. The number of anilines is 1. The highest BCUT2D eigenvalue weighted by molar-refractivity contribution is 5.85. The van der Waals surface area contributed by atoms with Gasteiger partial charge in [-0.2, -0.15) is 0 Å². The lowest BCUT2D eigenvalue weighted by atomic mass is 10.2. The first-order valence-electron chi connectivity index (χ1n) is 7.09. The summed E-state index contributed by atoms with van der Waals surface area (Å²) >= 11 is 0. The molecule has 0 unspecified atom stereocenters. The fraction of sp³-hybridized carbons (Fsp3) is 0.533. The fourth-order valence-electron chi connectivity index (χ4n) is 3.04. The van der Waals surface area contributed by atoms with E-state index in [-0.39, 0.29) is 30.7 Å². The van der Waals surface area contributed by atoms with E-state index >= 15 is 0 Å². The van der Waals surface area contributed by atoms with Crippen LogP contribution in [0.4, 0.5) is 5.69 Å². The van der Waals surface area contributed by atoms with Gasteiger partial charge in [-0.1, -0.05) is 18.2 Å². The van der Waals surface area contributed by atoms with E-state index in [9.17, 15) is 4.79 Å². The third-order valence-corrected chi connectivity index (χ3v) is 4.13. The van der Waals surface area contributed by atoms with Crippen molar-refractivity contribution in [2.75, 3.05) is 37.6 Å². The zero-order valence-electron chi connectivity index (χ0n) is 12.2. The molecule has 0 aliphatic carbocycles. The molecule has 21 heavy (non-hydrogen) atoms. The third kappa shape index (κ3) is 3.82. The number of piperazine rings is 1. The second-order valence-corrected chi connectivity index (χ2v) is 5.44. The van der Waals surface area contributed by atoms with Crippen LogP contribution in [0, 0.1) is 0 Å². The Morgan fingerprint density at radius 3 is 2.81 bits per heavy atom. The number of carbonyl (C=O) groups is 1. The van der Waals surface area contributed by atoms with E-state index in [0.717, 1.165) is 32.6 Å². The zero-order valence-corrected chi connectivity index (χ0v) is 13.9. The maximum Gasteiger partial charge on any atom is 0.242 e. The number of hydrogen-bond donors (Lipinski definition) is 1. The van der Waals surface area contributed by atoms with Gasteiger partial charge in [0.2, 0.25) is 5.91 Å². The molecule has 1 aromatic carbocycles. The van der Waals surface area contributed by atoms with E-state index in [0.29, 0.717) is 12.6 Å². The van der Waals surface area contributed by atoms with Crippen molar-refractivity contribution in [3.63, 3.8) is 0 Å². The van der Waals surface area contributed by atoms with Crippen LogP contribution in [0.3, 0.4) is 0 Å². The summed E-state index contributed by atoms with van der Waals surface area (Å²) in [5.41, 5.74) is 2.60. The second-order valence-electron chi connectivity index (χ2n) is 5.44. The summed E-state index contributed by atoms with van der Waals surface area (Å²) < 4.78 is 0. The number of nitrogens with zero attached hydrogens (tertiary/aromatic N) is 2. The van der Waals surface area contributed by atoms with Crippen LogP contribution >= 0.6 is 24.8 Å². The highest BCUT2D eigenvalue weighted by Gasteiger charge is 2.26. The number of fused-ring (bicyclic) bond motifs is 1. The molecule has 0 spiro atoms. The first-order valence-corrected chi connectivity index (χ1v) is 7.09. The molecule has 2 aliphatic rings. The summed E-state index contributed by atoms with van der Waals surface area (Å²) in [6.45, 7) is 6.24. The average Bonchev–Trinajstić information content (AvgIpc) is 2.83. The minimum atomic E-state index is 0. The summed E-state index contributed by atoms with van der Waals surface area (Å²) in [4.78, 5) is 16.7. The Morgan fingerprint density at radius 2 is 2.05 bits per heavy atom. The highest BCUT2D eigenvalue weighted by atomic mass is 35.5. The Labute approximate surface area is 138 Å². The maximum atomic E-state index is 12.4. The quantitative estimate of drug-likeness (QED) is 0.896. The van der Waals surface area contributed by atoms with Crippen LogP contribution in [0.2, 0.25) is 0 Å². The molecule has 1 fully saturated rings. The van der Waals surface area contributed by atoms with Gasteiger partial charge < -0.3 is 15.1 Å². The smallest absolute Gasteiger partial charge is 0.242 e. The van der Waals surface area contributed by atoms with Crippen molar-refractivity contribution in [2.45, 2.75) is 19.4 Å². The predicted octanol–water partition coefficient (Wildman–Crippen LogP) is 1.71. The van der Waals surface area contributed by atoms with E-state index < -0.39 is 0 Å². The first kappa shape index (κ1) is 18.1. The molecule has 3 rings (SSSR count). The van der Waals surface area contributed by atoms with E-state index in [1.807, 2.05) is 4.90 Å². The van der Waals surface area contributed by atoms with Crippen LogP contribution in [-0.4, -0.2) is 49.6 Å². The molecule has 2 aliphatic heterocycles. The summed E-state index contributed by atoms with van der Waals surface area (Å²) in [5, 5.41) is 3.32. The monoisotopic (exact) mass is 331 g/mol. The first-order chi connectivity index (χ1) is 9.25. The molecule has 1 atom stereocenters. The number of hydrogen-bond acceptors (Lipinski definition) is 3. The van der Waals surface area contributed by atoms with Gasteiger partial charge in [0.05, 0.1) is 6.54 Å². The number of nitrogens with one attached hydrogen (secondary N) is 1. The van der Waals surface area contributed by atoms with Crippen LogP contribution in [0.15, 0.2) is 24.3 Å². The van der Waals surface area contributed by atoms with Crippen molar-refractivity contribution in [1.82, 2.24) is 10.2 Å². The predicted molar refractivity (Wildman–Crippen MR) is 90.9 cm³/mol. The maximum absolute atomic E-state index is 12.4. The normalized spacial score (nSPS) is 20.3. The average molecular weight is 332 g/mol. The number of carbonyl (C=O) groups excluding carboxylic acids is 1. The van der Waals surface area contributed by atoms with Crippen LogP contribution in [0.5, 0.6) is 0 Å². The summed E-state index contributed by atoms with van der Waals surface area (Å²) in [6, 6.07) is 8.71. The van der Waals surface area contributed by atoms with E-state index in [1.54, 1.807) is 0 Å². The van der Waals surface area contributed by atoms with Crippen LogP contribution < -0.4 is 10.2 Å². The Morgan fingerprint density at radius 1 is 1.29 bits per heavy atom. The van der Waals surface area contributed by atoms with Crippen molar-refractivity contribution in [2.24, 2.45) is 0 Å². The van der Waals surface area contributed by atoms with Gasteiger partial charge in [0.1, 0.15) is 0 Å². The summed E-state index contributed by atoms with van der Waals surface area (Å²) in [6.07, 6.45) is 1.06. The van der Waals surface area contributed by atoms with Gasteiger partial charge in [0.15, 0.2) is 0 Å². The zero-order chi connectivity index (χ0) is 13.2. The van der Waals surface area contributed by atoms with Gasteiger partial charge in [-0.25, -0.2) is 0 Å². The molecule has 0 radical (unpaired) electrons. The van der Waals surface area contributed by atoms with E-state index in [4.69, 9.17) is 0 Å². The number of halogens is 2. The number of para-hydroxylation sites is 1. The van der Waals surface area contributed by atoms with Crippen molar-refractivity contribution in [3.8, 4) is 0 Å². The Hall–Kier alpha value is -0.970. The van der Waals surface area contributed by atoms with Crippen molar-refractivity contribution in [3.05, 3.63) is 29.8 Å². The van der Waals surface area contributed by atoms with Crippen LogP contribution in [-0.2, 0) is 11.2 Å². The van der Waals surface area contributed by atoms with Crippen molar-refractivity contribution >= 4 is 36.4 Å². The largest absolute Gasteiger partial charge is 0.362 e. The molecular weight excluding hydrogens is 309 g/mol. The van der Waals surface area contributed by atoms with Gasteiger partial charge in [-0.15, -0.1) is 24.8 Å². The Balaban J connectivity index is 0.00000110. The molecule has 1 saturated heterocycles. The molecule has 4 nitrogen and oxygen atoms in total. The highest BCUT2D eigenvalue weighted by Crippen LogP contribution is 2.27. The van der Waals surface area contributed by atoms with Crippen LogP contribution in [0.1, 0.15) is 12.5 Å². The van der Waals surface area contributed by atoms with Crippen LogP contribution in [0.25, 0.3) is 0 Å². The Bertz CT molecular complexity index is 484. The van der Waals surface area contributed by atoms with Gasteiger partial charge in [0.25, 0.3) is 0 Å². The molecule has 1 N–H and O–H groups in total. The second kappa shape index (κ2) is 7.87. The van der Waals surface area contributed by atoms with E-state index in [1.165, 1.54) is 11.3 Å². The number of benzene rings is 1. The molecule has 1 aromatic rings. The molecule has 2 heterocycles. The molecule has 0 aromatic heterocycles. The fourth-order valence-corrected chi connectivity index (χ4v) is 3.04.